The Morgan fingerprint density at radius 3 is 2.32 bits per heavy atom. The van der Waals surface area contributed by atoms with Crippen LogP contribution in [-0.2, 0) is 27.4 Å². The number of benzene rings is 2. The lowest BCUT2D eigenvalue weighted by Gasteiger charge is -2.26. The van der Waals surface area contributed by atoms with Crippen molar-refractivity contribution in [2.75, 3.05) is 0 Å². The molecule has 0 saturated heterocycles. The summed E-state index contributed by atoms with van der Waals surface area (Å²) in [5.41, 5.74) is -0.714. The Morgan fingerprint density at radius 2 is 1.64 bits per heavy atom. The summed E-state index contributed by atoms with van der Waals surface area (Å²) in [5, 5.41) is 2.64. The number of rotatable bonds is 10. The second-order valence-corrected chi connectivity index (χ2v) is 12.5. The predicted molar refractivity (Wildman–Crippen MR) is 165 cm³/mol. The highest BCUT2D eigenvalue weighted by atomic mass is 16.6. The van der Waals surface area contributed by atoms with Crippen LogP contribution < -0.4 is 21.3 Å². The van der Waals surface area contributed by atoms with Gasteiger partial charge in [0.2, 0.25) is 0 Å². The predicted octanol–water partition coefficient (Wildman–Crippen LogP) is 4.57. The van der Waals surface area contributed by atoms with E-state index >= 15 is 0 Å². The molecular formula is C32H39N5O7. The van der Waals surface area contributed by atoms with Gasteiger partial charge in [0.15, 0.2) is 11.5 Å². The molecule has 12 nitrogen and oxygen atoms in total. The van der Waals surface area contributed by atoms with Crippen molar-refractivity contribution >= 4 is 23.1 Å². The summed E-state index contributed by atoms with van der Waals surface area (Å²) in [5.74, 6) is 0.150. The normalized spacial score (nSPS) is 12.6. The van der Waals surface area contributed by atoms with E-state index in [2.05, 4.69) is 20.3 Å². The van der Waals surface area contributed by atoms with E-state index in [1.807, 2.05) is 30.3 Å². The van der Waals surface area contributed by atoms with Gasteiger partial charge in [-0.25, -0.2) is 19.4 Å². The second kappa shape index (κ2) is 13.3. The molecular weight excluding hydrogens is 566 g/mol. The van der Waals surface area contributed by atoms with Crippen molar-refractivity contribution in [3.63, 3.8) is 0 Å². The van der Waals surface area contributed by atoms with E-state index in [0.29, 0.717) is 42.8 Å². The fourth-order valence-corrected chi connectivity index (χ4v) is 4.52. The first-order valence-corrected chi connectivity index (χ1v) is 14.5. The van der Waals surface area contributed by atoms with Crippen LogP contribution in [0, 0.1) is 0 Å². The molecule has 2 aromatic carbocycles. The molecule has 1 atom stereocenters. The van der Waals surface area contributed by atoms with E-state index in [1.54, 1.807) is 64.3 Å². The van der Waals surface area contributed by atoms with Crippen LogP contribution in [0.1, 0.15) is 66.4 Å². The van der Waals surface area contributed by atoms with Crippen LogP contribution in [0.15, 0.2) is 58.1 Å². The summed E-state index contributed by atoms with van der Waals surface area (Å²) in [4.78, 5) is 61.0. The van der Waals surface area contributed by atoms with Gasteiger partial charge in [0.25, 0.3) is 5.56 Å². The molecule has 0 spiro atoms. The Hall–Kier alpha value is -4.74. The third kappa shape index (κ3) is 8.88. The van der Waals surface area contributed by atoms with Crippen molar-refractivity contribution in [1.29, 1.82) is 0 Å². The molecule has 44 heavy (non-hydrogen) atoms. The molecule has 1 amide bonds. The quantitative estimate of drug-likeness (QED) is 0.150. The second-order valence-electron chi connectivity index (χ2n) is 12.5. The van der Waals surface area contributed by atoms with E-state index in [9.17, 15) is 19.2 Å². The molecule has 4 rings (SSSR count). The fourth-order valence-electron chi connectivity index (χ4n) is 4.52. The highest BCUT2D eigenvalue weighted by molar-refractivity contribution is 5.82. The number of unbranched alkanes of at least 4 members (excludes halogenated alkanes) is 1. The van der Waals surface area contributed by atoms with Crippen molar-refractivity contribution in [3.05, 3.63) is 74.9 Å². The zero-order chi connectivity index (χ0) is 32.1. The number of fused-ring (bicyclic) bond motifs is 2. The molecule has 0 bridgehead atoms. The van der Waals surface area contributed by atoms with E-state index in [1.165, 1.54) is 0 Å². The van der Waals surface area contributed by atoms with E-state index in [-0.39, 0.29) is 17.9 Å². The summed E-state index contributed by atoms with van der Waals surface area (Å²) in [6.07, 6.45) is 0.534. The molecule has 0 fully saturated rings. The lowest BCUT2D eigenvalue weighted by atomic mass is 10.1. The van der Waals surface area contributed by atoms with E-state index < -0.39 is 40.6 Å². The Kier molecular flexibility index (Phi) is 9.71. The topological polar surface area (TPSA) is 154 Å². The number of ether oxygens (including phenoxy) is 3. The summed E-state index contributed by atoms with van der Waals surface area (Å²) in [7, 11) is 0. The van der Waals surface area contributed by atoms with Crippen molar-refractivity contribution in [3.8, 4) is 17.3 Å². The lowest BCUT2D eigenvalue weighted by Crippen LogP contribution is -2.46. The first kappa shape index (κ1) is 32.2. The smallest absolute Gasteiger partial charge is 0.408 e. The first-order valence-electron chi connectivity index (χ1n) is 14.5. The van der Waals surface area contributed by atoms with Crippen LogP contribution in [0.2, 0.25) is 0 Å². The third-order valence-corrected chi connectivity index (χ3v) is 6.34. The van der Waals surface area contributed by atoms with Gasteiger partial charge in [-0.2, -0.15) is 4.98 Å². The minimum absolute atomic E-state index is 0.0354. The summed E-state index contributed by atoms with van der Waals surface area (Å²) >= 11 is 0. The Bertz CT molecular complexity index is 1700. The largest absolute Gasteiger partial charge is 0.489 e. The maximum Gasteiger partial charge on any atom is 0.408 e. The number of alkyl carbamates (subject to hydrolysis) is 1. The van der Waals surface area contributed by atoms with E-state index in [0.717, 1.165) is 5.56 Å². The number of H-pyrrole nitrogens is 1. The summed E-state index contributed by atoms with van der Waals surface area (Å²) in [6, 6.07) is 14.1. The molecule has 0 saturated carbocycles. The summed E-state index contributed by atoms with van der Waals surface area (Å²) < 4.78 is 18.7. The highest BCUT2D eigenvalue weighted by Crippen LogP contribution is 2.26. The van der Waals surface area contributed by atoms with Crippen molar-refractivity contribution in [1.82, 2.24) is 24.8 Å². The van der Waals surface area contributed by atoms with Gasteiger partial charge in [-0.05, 0) is 78.5 Å². The summed E-state index contributed by atoms with van der Waals surface area (Å²) in [6.45, 7) is 11.2. The average molecular weight is 606 g/mol. The molecule has 0 radical (unpaired) electrons. The van der Waals surface area contributed by atoms with Gasteiger partial charge < -0.3 is 24.1 Å². The molecule has 2 aromatic rings. The fraction of sp³-hybridized carbons (Fsp3) is 0.438. The van der Waals surface area contributed by atoms with Crippen LogP contribution in [0.3, 0.4) is 0 Å². The van der Waals surface area contributed by atoms with Crippen LogP contribution in [-0.4, -0.2) is 48.8 Å². The Labute approximate surface area is 255 Å². The average Bonchev–Trinajstić information content (AvgIpc) is 2.92. The van der Waals surface area contributed by atoms with Crippen LogP contribution in [0.25, 0.3) is 22.6 Å². The molecule has 12 heteroatoms. The molecule has 2 aliphatic rings. The number of nitrogens with one attached hydrogen (secondary N) is 2. The van der Waals surface area contributed by atoms with E-state index in [4.69, 9.17) is 14.2 Å². The number of aryl methyl sites for hydroxylation is 1. The monoisotopic (exact) mass is 605 g/mol. The highest BCUT2D eigenvalue weighted by Gasteiger charge is 2.28. The van der Waals surface area contributed by atoms with Gasteiger partial charge in [-0.15, -0.1) is 0 Å². The van der Waals surface area contributed by atoms with Crippen molar-refractivity contribution in [2.45, 2.75) is 91.2 Å². The van der Waals surface area contributed by atoms with Crippen LogP contribution in [0.4, 0.5) is 4.79 Å². The number of amides is 1. The molecule has 2 aliphatic heterocycles. The molecule has 234 valence electrons. The van der Waals surface area contributed by atoms with Gasteiger partial charge in [0.1, 0.15) is 29.6 Å². The maximum atomic E-state index is 12.9. The molecule has 0 unspecified atom stereocenters. The van der Waals surface area contributed by atoms with Gasteiger partial charge in [-0.1, -0.05) is 30.3 Å². The van der Waals surface area contributed by atoms with Gasteiger partial charge >= 0.3 is 17.8 Å². The zero-order valence-corrected chi connectivity index (χ0v) is 25.9. The zero-order valence-electron chi connectivity index (χ0n) is 25.9. The Morgan fingerprint density at radius 1 is 0.932 bits per heavy atom. The number of esters is 1. The number of aromatic nitrogens is 4. The third-order valence-electron chi connectivity index (χ3n) is 6.34. The number of hydrogen-bond donors (Lipinski definition) is 2. The van der Waals surface area contributed by atoms with Crippen molar-refractivity contribution in [2.24, 2.45) is 0 Å². The van der Waals surface area contributed by atoms with Crippen molar-refractivity contribution < 1.29 is 23.8 Å². The number of nitrogens with zero attached hydrogens (tertiary/aromatic N) is 3. The number of hydrogen-bond acceptors (Lipinski definition) is 9. The SMILES string of the molecule is CC(C)(C)OC(=O)N[C@@H](CCCCn1c2nc(=O)[nH]c(=O)c-2nc2ccc(OCc3ccccc3)cc21)C(=O)OC(C)(C)C. The van der Waals surface area contributed by atoms with Gasteiger partial charge in [-0.3, -0.25) is 9.78 Å². The minimum atomic E-state index is -0.938. The standard InChI is InChI=1S/C32H39N5O7/c1-31(2,3)43-28(39)23(34-30(41)44-32(4,5)6)14-10-11-17-37-24-18-21(42-19-20-12-8-7-9-13-20)15-16-22(24)33-25-26(37)35-29(40)36-27(25)38/h7-9,12-13,15-16,18,23H,10-11,14,17,19H2,1-6H3,(H,34,41)(H,36,38,40)/t23-/m0/s1. The van der Waals surface area contributed by atoms with Gasteiger partial charge in [0.05, 0.1) is 11.0 Å². The van der Waals surface area contributed by atoms with Crippen LogP contribution >= 0.6 is 0 Å². The minimum Gasteiger partial charge on any atom is -0.489 e. The van der Waals surface area contributed by atoms with Gasteiger partial charge in [0, 0.05) is 12.6 Å². The van der Waals surface area contributed by atoms with Crippen LogP contribution in [0.5, 0.6) is 5.75 Å². The maximum absolute atomic E-state index is 12.9. The lowest BCUT2D eigenvalue weighted by molar-refractivity contribution is -0.157. The molecule has 0 aromatic heterocycles. The molecule has 0 aliphatic carbocycles. The molecule has 2 heterocycles. The number of carbonyl (C=O) groups is 2. The number of carbonyl (C=O) groups excluding carboxylic acids is 2. The Balaban J connectivity index is 1.57. The number of aromatic amines is 1. The molecule has 2 N–H and O–H groups in total. The first-order chi connectivity index (χ1) is 20.7.